The molecular formula is C13H14N4O4S. The van der Waals surface area contributed by atoms with Crippen molar-refractivity contribution in [1.82, 2.24) is 9.97 Å². The molecule has 0 radical (unpaired) electrons. The second kappa shape index (κ2) is 5.98. The number of primary amides is 1. The molecule has 0 aliphatic rings. The van der Waals surface area contributed by atoms with Gasteiger partial charge in [0.25, 0.3) is 15.9 Å². The average molecular weight is 322 g/mol. The van der Waals surface area contributed by atoms with Crippen molar-refractivity contribution in [1.29, 1.82) is 0 Å². The first-order valence-electron chi connectivity index (χ1n) is 6.14. The van der Waals surface area contributed by atoms with Gasteiger partial charge in [0.05, 0.1) is 17.6 Å². The first-order valence-corrected chi connectivity index (χ1v) is 7.62. The molecule has 0 unspecified atom stereocenters. The quantitative estimate of drug-likeness (QED) is 0.834. The molecule has 1 aromatic carbocycles. The predicted molar refractivity (Wildman–Crippen MR) is 79.1 cm³/mol. The number of carbonyl (C=O) groups excluding carboxylic acids is 1. The highest BCUT2D eigenvalue weighted by atomic mass is 32.2. The van der Waals surface area contributed by atoms with Gasteiger partial charge in [0.2, 0.25) is 5.95 Å². The van der Waals surface area contributed by atoms with E-state index in [2.05, 4.69) is 14.7 Å². The minimum Gasteiger partial charge on any atom is -0.496 e. The lowest BCUT2D eigenvalue weighted by molar-refractivity contribution is 0.0997. The van der Waals surface area contributed by atoms with Crippen LogP contribution >= 0.6 is 0 Å². The number of benzene rings is 1. The van der Waals surface area contributed by atoms with Crippen LogP contribution in [0.2, 0.25) is 0 Å². The number of anilines is 1. The number of hydrogen-bond acceptors (Lipinski definition) is 6. The molecule has 3 N–H and O–H groups in total. The van der Waals surface area contributed by atoms with Gasteiger partial charge in [-0.3, -0.25) is 4.79 Å². The van der Waals surface area contributed by atoms with Crippen LogP contribution in [0.4, 0.5) is 5.95 Å². The Balaban J connectivity index is 2.41. The molecule has 1 amide bonds. The second-order valence-corrected chi connectivity index (χ2v) is 6.04. The number of nitrogens with zero attached hydrogens (tertiary/aromatic N) is 2. The van der Waals surface area contributed by atoms with Crippen molar-refractivity contribution < 1.29 is 17.9 Å². The summed E-state index contributed by atoms with van der Waals surface area (Å²) in [5.74, 6) is -0.657. The van der Waals surface area contributed by atoms with Crippen molar-refractivity contribution in [3.8, 4) is 5.75 Å². The van der Waals surface area contributed by atoms with E-state index in [9.17, 15) is 13.2 Å². The van der Waals surface area contributed by atoms with Gasteiger partial charge in [-0.1, -0.05) is 0 Å². The summed E-state index contributed by atoms with van der Waals surface area (Å²) in [4.78, 5) is 19.0. The van der Waals surface area contributed by atoms with E-state index in [0.29, 0.717) is 5.69 Å². The van der Waals surface area contributed by atoms with Gasteiger partial charge in [0.1, 0.15) is 5.75 Å². The molecule has 0 saturated carbocycles. The van der Waals surface area contributed by atoms with Gasteiger partial charge < -0.3 is 10.5 Å². The zero-order valence-corrected chi connectivity index (χ0v) is 12.7. The van der Waals surface area contributed by atoms with E-state index in [4.69, 9.17) is 10.5 Å². The second-order valence-electron chi connectivity index (χ2n) is 4.35. The fourth-order valence-electron chi connectivity index (χ4n) is 1.72. The molecular weight excluding hydrogens is 308 g/mol. The Hall–Kier alpha value is -2.68. The van der Waals surface area contributed by atoms with E-state index >= 15 is 0 Å². The van der Waals surface area contributed by atoms with Crippen molar-refractivity contribution in [3.63, 3.8) is 0 Å². The van der Waals surface area contributed by atoms with E-state index in [1.807, 2.05) is 0 Å². The third-order valence-electron chi connectivity index (χ3n) is 2.77. The van der Waals surface area contributed by atoms with E-state index in [1.54, 1.807) is 13.0 Å². The highest BCUT2D eigenvalue weighted by Crippen LogP contribution is 2.23. The number of amides is 1. The van der Waals surface area contributed by atoms with Crippen LogP contribution in [0.25, 0.3) is 0 Å². The number of hydrogen-bond donors (Lipinski definition) is 2. The number of aromatic nitrogens is 2. The van der Waals surface area contributed by atoms with E-state index < -0.39 is 15.9 Å². The summed E-state index contributed by atoms with van der Waals surface area (Å²) in [6.07, 6.45) is 1.43. The summed E-state index contributed by atoms with van der Waals surface area (Å²) in [5.41, 5.74) is 5.80. The maximum absolute atomic E-state index is 12.3. The molecule has 1 aromatic heterocycles. The van der Waals surface area contributed by atoms with E-state index in [-0.39, 0.29) is 22.2 Å². The summed E-state index contributed by atoms with van der Waals surface area (Å²) in [7, 11) is -2.59. The lowest BCUT2D eigenvalue weighted by Crippen LogP contribution is -2.18. The van der Waals surface area contributed by atoms with Gasteiger partial charge in [0, 0.05) is 11.9 Å². The Morgan fingerprint density at radius 2 is 2.05 bits per heavy atom. The molecule has 0 aliphatic carbocycles. The number of methoxy groups -OCH3 is 1. The van der Waals surface area contributed by atoms with Crippen molar-refractivity contribution in [2.24, 2.45) is 5.73 Å². The van der Waals surface area contributed by atoms with Crippen LogP contribution in [-0.4, -0.2) is 31.4 Å². The maximum Gasteiger partial charge on any atom is 0.264 e. The average Bonchev–Trinajstić information content (AvgIpc) is 2.46. The third-order valence-corrected chi connectivity index (χ3v) is 4.09. The molecule has 22 heavy (non-hydrogen) atoms. The summed E-state index contributed by atoms with van der Waals surface area (Å²) >= 11 is 0. The zero-order valence-electron chi connectivity index (χ0n) is 11.9. The number of nitrogens with one attached hydrogen (secondary N) is 1. The lowest BCUT2D eigenvalue weighted by atomic mass is 10.2. The summed E-state index contributed by atoms with van der Waals surface area (Å²) in [6.45, 7) is 1.71. The van der Waals surface area contributed by atoms with Crippen LogP contribution in [0.3, 0.4) is 0 Å². The fourth-order valence-corrected chi connectivity index (χ4v) is 2.70. The number of aryl methyl sites for hydroxylation is 1. The number of carbonyl (C=O) groups is 1. The smallest absolute Gasteiger partial charge is 0.264 e. The molecule has 9 heteroatoms. The Morgan fingerprint density at radius 3 is 2.64 bits per heavy atom. The largest absolute Gasteiger partial charge is 0.496 e. The first-order chi connectivity index (χ1) is 10.3. The van der Waals surface area contributed by atoms with Crippen molar-refractivity contribution in [2.75, 3.05) is 11.8 Å². The molecule has 0 spiro atoms. The van der Waals surface area contributed by atoms with Crippen molar-refractivity contribution in [2.45, 2.75) is 11.8 Å². The molecule has 0 fully saturated rings. The minimum atomic E-state index is -3.95. The highest BCUT2D eigenvalue weighted by Gasteiger charge is 2.19. The van der Waals surface area contributed by atoms with E-state index in [1.165, 1.54) is 25.4 Å². The first kappa shape index (κ1) is 15.7. The molecule has 116 valence electrons. The van der Waals surface area contributed by atoms with Crippen LogP contribution in [0, 0.1) is 6.92 Å². The standard InChI is InChI=1S/C13H14N4O4S/c1-8-5-6-15-13(16-8)17-22(19,20)9-3-4-11(21-2)10(7-9)12(14)18/h3-7H,1-2H3,(H2,14,18)(H,15,16,17). The van der Waals surface area contributed by atoms with Crippen LogP contribution in [0.5, 0.6) is 5.75 Å². The fraction of sp³-hybridized carbons (Fsp3) is 0.154. The summed E-state index contributed by atoms with van der Waals surface area (Å²) < 4.78 is 31.8. The SMILES string of the molecule is COc1ccc(S(=O)(=O)Nc2nccc(C)n2)cc1C(N)=O. The topological polar surface area (TPSA) is 124 Å². The Kier molecular flexibility index (Phi) is 4.27. The molecule has 0 aliphatic heterocycles. The van der Waals surface area contributed by atoms with Crippen LogP contribution in [0.1, 0.15) is 16.1 Å². The van der Waals surface area contributed by atoms with Crippen molar-refractivity contribution >= 4 is 21.9 Å². The predicted octanol–water partition coefficient (Wildman–Crippen LogP) is 0.693. The zero-order chi connectivity index (χ0) is 16.3. The molecule has 0 bridgehead atoms. The number of ether oxygens (including phenoxy) is 1. The van der Waals surface area contributed by atoms with Crippen LogP contribution in [0.15, 0.2) is 35.4 Å². The van der Waals surface area contributed by atoms with Gasteiger partial charge in [-0.05, 0) is 31.2 Å². The number of rotatable bonds is 5. The molecule has 1 heterocycles. The van der Waals surface area contributed by atoms with Gasteiger partial charge in [-0.15, -0.1) is 0 Å². The maximum atomic E-state index is 12.3. The summed E-state index contributed by atoms with van der Waals surface area (Å²) in [6, 6.07) is 5.42. The highest BCUT2D eigenvalue weighted by molar-refractivity contribution is 7.92. The van der Waals surface area contributed by atoms with Gasteiger partial charge in [-0.25, -0.2) is 23.1 Å². The lowest BCUT2D eigenvalue weighted by Gasteiger charge is -2.10. The van der Waals surface area contributed by atoms with Gasteiger partial charge >= 0.3 is 0 Å². The Labute approximate surface area is 127 Å². The molecule has 0 saturated heterocycles. The Morgan fingerprint density at radius 1 is 1.32 bits per heavy atom. The van der Waals surface area contributed by atoms with Crippen LogP contribution in [-0.2, 0) is 10.0 Å². The third kappa shape index (κ3) is 3.31. The number of sulfonamides is 1. The van der Waals surface area contributed by atoms with Gasteiger partial charge in [0.15, 0.2) is 0 Å². The van der Waals surface area contributed by atoms with Crippen molar-refractivity contribution in [3.05, 3.63) is 41.7 Å². The normalized spacial score (nSPS) is 11.0. The minimum absolute atomic E-state index is 0.0319. The van der Waals surface area contributed by atoms with E-state index in [0.717, 1.165) is 6.07 Å². The monoisotopic (exact) mass is 322 g/mol. The summed E-state index contributed by atoms with van der Waals surface area (Å²) in [5, 5.41) is 0. The molecule has 8 nitrogen and oxygen atoms in total. The molecule has 2 aromatic rings. The Bertz CT molecular complexity index is 821. The number of nitrogens with two attached hydrogens (primary N) is 1. The van der Waals surface area contributed by atoms with Gasteiger partial charge in [-0.2, -0.15) is 0 Å². The van der Waals surface area contributed by atoms with Crippen LogP contribution < -0.4 is 15.2 Å². The molecule has 2 rings (SSSR count). The molecule has 0 atom stereocenters.